The number of allylic oxidation sites excluding steroid dienone is 1. The molecule has 0 bridgehead atoms. The lowest BCUT2D eigenvalue weighted by Crippen LogP contribution is -1.94. The van der Waals surface area contributed by atoms with Gasteiger partial charge in [-0.1, -0.05) is 60.7 Å². The van der Waals surface area contributed by atoms with Gasteiger partial charge in [0.05, 0.1) is 0 Å². The summed E-state index contributed by atoms with van der Waals surface area (Å²) < 4.78 is 0. The number of benzene rings is 3. The molecular formula is C19H14. The SMILES string of the molecule is C1=CC2CC2c2ccc3c(ccc4ccccc43)c21. The molecule has 0 heteroatoms. The fourth-order valence-electron chi connectivity index (χ4n) is 3.64. The highest BCUT2D eigenvalue weighted by atomic mass is 14.4. The van der Waals surface area contributed by atoms with Gasteiger partial charge in [0.15, 0.2) is 0 Å². The zero-order chi connectivity index (χ0) is 12.4. The van der Waals surface area contributed by atoms with Crippen molar-refractivity contribution in [1.82, 2.24) is 0 Å². The Morgan fingerprint density at radius 3 is 2.68 bits per heavy atom. The molecule has 0 N–H and O–H groups in total. The molecule has 0 heterocycles. The summed E-state index contributed by atoms with van der Waals surface area (Å²) in [5.41, 5.74) is 3.03. The maximum Gasteiger partial charge on any atom is -0.00867 e. The van der Waals surface area contributed by atoms with Crippen LogP contribution in [0.1, 0.15) is 23.5 Å². The predicted octanol–water partition coefficient (Wildman–Crippen LogP) is 5.12. The van der Waals surface area contributed by atoms with Gasteiger partial charge in [0.2, 0.25) is 0 Å². The van der Waals surface area contributed by atoms with Crippen LogP contribution in [-0.2, 0) is 0 Å². The molecular weight excluding hydrogens is 228 g/mol. The molecule has 1 fully saturated rings. The van der Waals surface area contributed by atoms with Crippen molar-refractivity contribution in [2.45, 2.75) is 12.3 Å². The average molecular weight is 242 g/mol. The van der Waals surface area contributed by atoms with Crippen molar-refractivity contribution in [1.29, 1.82) is 0 Å². The zero-order valence-electron chi connectivity index (χ0n) is 10.6. The molecule has 1 saturated carbocycles. The molecule has 2 unspecified atom stereocenters. The third-order valence-corrected chi connectivity index (χ3v) is 4.75. The first-order valence-electron chi connectivity index (χ1n) is 7.04. The van der Waals surface area contributed by atoms with Crippen LogP contribution in [0.5, 0.6) is 0 Å². The monoisotopic (exact) mass is 242 g/mol. The number of rotatable bonds is 0. The van der Waals surface area contributed by atoms with Crippen LogP contribution < -0.4 is 0 Å². The molecule has 0 aromatic heterocycles. The van der Waals surface area contributed by atoms with Crippen LogP contribution in [0.4, 0.5) is 0 Å². The summed E-state index contributed by atoms with van der Waals surface area (Å²) in [6, 6.07) is 17.9. The third kappa shape index (κ3) is 1.24. The van der Waals surface area contributed by atoms with Crippen LogP contribution in [0.2, 0.25) is 0 Å². The smallest absolute Gasteiger partial charge is 0.00867 e. The second-order valence-electron chi connectivity index (χ2n) is 5.82. The molecule has 3 aromatic rings. The van der Waals surface area contributed by atoms with Gasteiger partial charge in [-0.3, -0.25) is 0 Å². The van der Waals surface area contributed by atoms with Crippen molar-refractivity contribution in [3.05, 3.63) is 65.7 Å². The molecule has 0 amide bonds. The van der Waals surface area contributed by atoms with Crippen molar-refractivity contribution in [3.8, 4) is 0 Å². The van der Waals surface area contributed by atoms with Crippen molar-refractivity contribution in [2.24, 2.45) is 5.92 Å². The summed E-state index contributed by atoms with van der Waals surface area (Å²) in [7, 11) is 0. The maximum atomic E-state index is 2.40. The Hall–Kier alpha value is -2.08. The minimum atomic E-state index is 0.802. The third-order valence-electron chi connectivity index (χ3n) is 4.75. The molecule has 3 aromatic carbocycles. The van der Waals surface area contributed by atoms with E-state index in [9.17, 15) is 0 Å². The summed E-state index contributed by atoms with van der Waals surface area (Å²) >= 11 is 0. The summed E-state index contributed by atoms with van der Waals surface area (Å²) in [6.45, 7) is 0. The van der Waals surface area contributed by atoms with Gasteiger partial charge in [-0.15, -0.1) is 0 Å². The molecule has 0 aliphatic heterocycles. The zero-order valence-corrected chi connectivity index (χ0v) is 10.6. The second kappa shape index (κ2) is 3.27. The van der Waals surface area contributed by atoms with Crippen molar-refractivity contribution < 1.29 is 0 Å². The second-order valence-corrected chi connectivity index (χ2v) is 5.82. The van der Waals surface area contributed by atoms with Crippen LogP contribution in [-0.4, -0.2) is 0 Å². The Kier molecular flexibility index (Phi) is 1.69. The van der Waals surface area contributed by atoms with Crippen LogP contribution in [0.3, 0.4) is 0 Å². The Labute approximate surface area is 112 Å². The quantitative estimate of drug-likeness (QED) is 0.480. The van der Waals surface area contributed by atoms with Gasteiger partial charge in [-0.2, -0.15) is 0 Å². The topological polar surface area (TPSA) is 0 Å². The average Bonchev–Trinajstić information content (AvgIpc) is 3.26. The summed E-state index contributed by atoms with van der Waals surface area (Å²) in [6.07, 6.45) is 6.10. The lowest BCUT2D eigenvalue weighted by Gasteiger charge is -2.14. The van der Waals surface area contributed by atoms with Gasteiger partial charge in [-0.05, 0) is 50.9 Å². The molecule has 0 saturated heterocycles. The Balaban J connectivity index is 1.95. The highest BCUT2D eigenvalue weighted by Gasteiger charge is 2.39. The van der Waals surface area contributed by atoms with E-state index in [1.165, 1.54) is 33.5 Å². The highest BCUT2D eigenvalue weighted by Crippen LogP contribution is 2.53. The van der Waals surface area contributed by atoms with E-state index in [0.717, 1.165) is 11.8 Å². The number of hydrogen-bond acceptors (Lipinski definition) is 0. The van der Waals surface area contributed by atoms with E-state index in [4.69, 9.17) is 0 Å². The van der Waals surface area contributed by atoms with Crippen molar-refractivity contribution in [3.63, 3.8) is 0 Å². The molecule has 0 nitrogen and oxygen atoms in total. The van der Waals surface area contributed by atoms with Gasteiger partial charge in [-0.25, -0.2) is 0 Å². The Bertz CT molecular complexity index is 854. The summed E-state index contributed by atoms with van der Waals surface area (Å²) in [4.78, 5) is 0. The molecule has 2 aliphatic carbocycles. The summed E-state index contributed by atoms with van der Waals surface area (Å²) in [5, 5.41) is 5.51. The van der Waals surface area contributed by atoms with Crippen LogP contribution in [0.25, 0.3) is 27.6 Å². The molecule has 2 atom stereocenters. The Morgan fingerprint density at radius 1 is 0.789 bits per heavy atom. The molecule has 90 valence electrons. The lowest BCUT2D eigenvalue weighted by atomic mass is 9.90. The summed E-state index contributed by atoms with van der Waals surface area (Å²) in [5.74, 6) is 1.63. The maximum absolute atomic E-state index is 2.40. The van der Waals surface area contributed by atoms with Gasteiger partial charge in [0.1, 0.15) is 0 Å². The van der Waals surface area contributed by atoms with E-state index in [2.05, 4.69) is 60.7 Å². The van der Waals surface area contributed by atoms with E-state index in [-0.39, 0.29) is 0 Å². The normalized spacial score (nSPS) is 23.4. The molecule has 0 radical (unpaired) electrons. The standard InChI is InChI=1S/C19H14/c1-2-4-14-12(3-1)5-7-16-15(14)9-10-18-17(16)8-6-13-11-19(13)18/h1-10,13,19H,11H2. The van der Waals surface area contributed by atoms with E-state index in [1.54, 1.807) is 5.56 Å². The van der Waals surface area contributed by atoms with E-state index < -0.39 is 0 Å². The lowest BCUT2D eigenvalue weighted by molar-refractivity contribution is 1.000. The fourth-order valence-corrected chi connectivity index (χ4v) is 3.64. The first kappa shape index (κ1) is 9.80. The van der Waals surface area contributed by atoms with E-state index in [1.807, 2.05) is 0 Å². The van der Waals surface area contributed by atoms with Gasteiger partial charge < -0.3 is 0 Å². The minimum Gasteiger partial charge on any atom is -0.0802 e. The van der Waals surface area contributed by atoms with E-state index >= 15 is 0 Å². The highest BCUT2D eigenvalue weighted by molar-refractivity contribution is 6.10. The molecule has 2 aliphatic rings. The van der Waals surface area contributed by atoms with E-state index in [0.29, 0.717) is 0 Å². The number of hydrogen-bond donors (Lipinski definition) is 0. The van der Waals surface area contributed by atoms with Crippen LogP contribution in [0.15, 0.2) is 54.6 Å². The van der Waals surface area contributed by atoms with Crippen LogP contribution in [0, 0.1) is 5.92 Å². The first-order chi connectivity index (χ1) is 9.42. The van der Waals surface area contributed by atoms with Gasteiger partial charge in [0, 0.05) is 0 Å². The van der Waals surface area contributed by atoms with Gasteiger partial charge in [0.25, 0.3) is 0 Å². The minimum absolute atomic E-state index is 0.802. The number of fused-ring (bicyclic) bond motifs is 7. The molecule has 5 rings (SSSR count). The van der Waals surface area contributed by atoms with Crippen LogP contribution >= 0.6 is 0 Å². The van der Waals surface area contributed by atoms with Crippen molar-refractivity contribution >= 4 is 27.6 Å². The fraction of sp³-hybridized carbons (Fsp3) is 0.158. The molecule has 19 heavy (non-hydrogen) atoms. The largest absolute Gasteiger partial charge is 0.0802 e. The first-order valence-corrected chi connectivity index (χ1v) is 7.04. The van der Waals surface area contributed by atoms with Crippen molar-refractivity contribution in [2.75, 3.05) is 0 Å². The Morgan fingerprint density at radius 2 is 1.68 bits per heavy atom. The molecule has 0 spiro atoms. The predicted molar refractivity (Wildman–Crippen MR) is 81.3 cm³/mol. The van der Waals surface area contributed by atoms with Gasteiger partial charge >= 0.3 is 0 Å².